The number of halogens is 4. The van der Waals surface area contributed by atoms with Crippen molar-refractivity contribution in [3.8, 4) is 0 Å². The van der Waals surface area contributed by atoms with Gasteiger partial charge in [-0.1, -0.05) is 23.7 Å². The summed E-state index contributed by atoms with van der Waals surface area (Å²) in [5.74, 6) is -2.47. The molecule has 0 saturated carbocycles. The van der Waals surface area contributed by atoms with E-state index in [0.717, 1.165) is 12.1 Å². The van der Waals surface area contributed by atoms with Gasteiger partial charge in [-0.05, 0) is 61.5 Å². The van der Waals surface area contributed by atoms with Gasteiger partial charge >= 0.3 is 6.18 Å². The summed E-state index contributed by atoms with van der Waals surface area (Å²) >= 11 is 6.00. The van der Waals surface area contributed by atoms with E-state index in [2.05, 4.69) is 5.32 Å². The largest absolute Gasteiger partial charge is 0.426 e. The Hall–Kier alpha value is -3.61. The number of carbonyl (C=O) groups is 2. The van der Waals surface area contributed by atoms with Gasteiger partial charge in [0.1, 0.15) is 0 Å². The summed E-state index contributed by atoms with van der Waals surface area (Å²) < 4.78 is 64.3. The normalized spacial score (nSPS) is 13.5. The van der Waals surface area contributed by atoms with Crippen LogP contribution in [0.4, 0.5) is 30.2 Å². The predicted molar refractivity (Wildman–Crippen MR) is 127 cm³/mol. The molecule has 13 heteroatoms. The van der Waals surface area contributed by atoms with Gasteiger partial charge in [-0.15, -0.1) is 0 Å². The fraction of sp³-hybridized carbons (Fsp3) is 0.130. The number of hydrogen-bond acceptors (Lipinski definition) is 6. The van der Waals surface area contributed by atoms with E-state index in [1.165, 1.54) is 54.6 Å². The molecule has 190 valence electrons. The third-order valence-corrected chi connectivity index (χ3v) is 7.11. The molecule has 1 atom stereocenters. The second kappa shape index (κ2) is 9.80. The zero-order chi connectivity index (χ0) is 26.9. The summed E-state index contributed by atoms with van der Waals surface area (Å²) in [6.07, 6.45) is -5.22. The molecule has 0 saturated heterocycles. The van der Waals surface area contributed by atoms with Crippen molar-refractivity contribution >= 4 is 50.3 Å². The molecular weight excluding hydrogens is 523 g/mol. The smallest absolute Gasteiger partial charge is 0.399 e. The van der Waals surface area contributed by atoms with Crippen molar-refractivity contribution in [2.24, 2.45) is 0 Å². The summed E-state index contributed by atoms with van der Waals surface area (Å²) in [7, 11) is -3.92. The number of nitrogens with one attached hydrogen (secondary N) is 2. The SMILES string of the molecule is CC(O)(C(=O)Nc1ccc(C(=O)Nc2cccc(S(=O)(=O)c3cccc(N)c3)c2)cc1Cl)C(F)(F)F. The highest BCUT2D eigenvalue weighted by molar-refractivity contribution is 7.91. The Labute approximate surface area is 208 Å². The second-order valence-corrected chi connectivity index (χ2v) is 10.1. The molecule has 0 aromatic heterocycles. The van der Waals surface area contributed by atoms with Gasteiger partial charge in [0.05, 0.1) is 20.5 Å². The minimum absolute atomic E-state index is 0.0279. The van der Waals surface area contributed by atoms with E-state index in [4.69, 9.17) is 17.3 Å². The molecule has 1 unspecified atom stereocenters. The predicted octanol–water partition coefficient (Wildman–Crippen LogP) is 4.26. The Morgan fingerprint density at radius 2 is 1.56 bits per heavy atom. The minimum Gasteiger partial charge on any atom is -0.399 e. The fourth-order valence-corrected chi connectivity index (χ4v) is 4.48. The van der Waals surface area contributed by atoms with Gasteiger partial charge in [0.25, 0.3) is 11.8 Å². The third kappa shape index (κ3) is 5.61. The maximum absolute atomic E-state index is 12.9. The number of nitrogen functional groups attached to an aromatic ring is 1. The van der Waals surface area contributed by atoms with Gasteiger partial charge in [0, 0.05) is 16.9 Å². The van der Waals surface area contributed by atoms with Crippen molar-refractivity contribution in [3.05, 3.63) is 77.3 Å². The molecule has 3 aromatic rings. The van der Waals surface area contributed by atoms with E-state index >= 15 is 0 Å². The van der Waals surface area contributed by atoms with Crippen LogP contribution in [0.5, 0.6) is 0 Å². The Balaban J connectivity index is 1.79. The van der Waals surface area contributed by atoms with E-state index in [9.17, 15) is 36.3 Å². The van der Waals surface area contributed by atoms with E-state index in [1.807, 2.05) is 5.32 Å². The Morgan fingerprint density at radius 3 is 2.14 bits per heavy atom. The molecule has 3 aromatic carbocycles. The molecule has 5 N–H and O–H groups in total. The number of alkyl halides is 3. The summed E-state index contributed by atoms with van der Waals surface area (Å²) in [6, 6.07) is 14.5. The van der Waals surface area contributed by atoms with Crippen molar-refractivity contribution in [1.82, 2.24) is 0 Å². The molecule has 8 nitrogen and oxygen atoms in total. The van der Waals surface area contributed by atoms with Crippen molar-refractivity contribution in [1.29, 1.82) is 0 Å². The number of anilines is 3. The van der Waals surface area contributed by atoms with Crippen LogP contribution in [0.25, 0.3) is 0 Å². The van der Waals surface area contributed by atoms with Gasteiger partial charge in [-0.3, -0.25) is 9.59 Å². The molecule has 2 amide bonds. The zero-order valence-electron chi connectivity index (χ0n) is 18.4. The van der Waals surface area contributed by atoms with Crippen molar-refractivity contribution in [2.45, 2.75) is 28.5 Å². The van der Waals surface area contributed by atoms with Crippen LogP contribution in [-0.4, -0.2) is 37.1 Å². The van der Waals surface area contributed by atoms with E-state index < -0.39 is 33.4 Å². The lowest BCUT2D eigenvalue weighted by atomic mass is 10.1. The Bertz CT molecular complexity index is 1440. The van der Waals surface area contributed by atoms with Crippen molar-refractivity contribution in [2.75, 3.05) is 16.4 Å². The quantitative estimate of drug-likeness (QED) is 0.344. The van der Waals surface area contributed by atoms with Crippen LogP contribution in [0.3, 0.4) is 0 Å². The fourth-order valence-electron chi connectivity index (χ4n) is 2.89. The first-order valence-electron chi connectivity index (χ1n) is 10.0. The van der Waals surface area contributed by atoms with Gasteiger partial charge in [-0.25, -0.2) is 8.42 Å². The number of sulfone groups is 1. The summed E-state index contributed by atoms with van der Waals surface area (Å²) in [4.78, 5) is 24.4. The van der Waals surface area contributed by atoms with Crippen LogP contribution in [0.15, 0.2) is 76.5 Å². The molecule has 0 aliphatic heterocycles. The number of amides is 2. The molecule has 0 radical (unpaired) electrons. The Kier molecular flexibility index (Phi) is 7.35. The van der Waals surface area contributed by atoms with Gasteiger partial charge < -0.3 is 21.5 Å². The van der Waals surface area contributed by atoms with Crippen molar-refractivity contribution in [3.63, 3.8) is 0 Å². The number of aliphatic hydroxyl groups is 1. The van der Waals surface area contributed by atoms with E-state index in [1.54, 1.807) is 0 Å². The van der Waals surface area contributed by atoms with Gasteiger partial charge in [0.2, 0.25) is 15.4 Å². The van der Waals surface area contributed by atoms with Crippen LogP contribution in [0.2, 0.25) is 5.02 Å². The summed E-state index contributed by atoms with van der Waals surface area (Å²) in [6.45, 7) is 0.291. The average Bonchev–Trinajstić information content (AvgIpc) is 2.79. The third-order valence-electron chi connectivity index (χ3n) is 5.04. The highest BCUT2D eigenvalue weighted by atomic mass is 35.5. The highest BCUT2D eigenvalue weighted by Crippen LogP contribution is 2.32. The number of nitrogens with two attached hydrogens (primary N) is 1. The first kappa shape index (κ1) is 27.0. The molecule has 0 spiro atoms. The van der Waals surface area contributed by atoms with Crippen LogP contribution in [-0.2, 0) is 14.6 Å². The van der Waals surface area contributed by atoms with Crippen LogP contribution in [0.1, 0.15) is 17.3 Å². The van der Waals surface area contributed by atoms with E-state index in [0.29, 0.717) is 6.92 Å². The summed E-state index contributed by atoms with van der Waals surface area (Å²) in [5, 5.41) is 13.6. The number of hydrogen-bond donors (Lipinski definition) is 4. The molecule has 0 heterocycles. The minimum atomic E-state index is -5.22. The molecule has 0 aliphatic rings. The lowest BCUT2D eigenvalue weighted by Crippen LogP contribution is -2.52. The van der Waals surface area contributed by atoms with Gasteiger partial charge in [-0.2, -0.15) is 13.2 Å². The molecule has 0 aliphatic carbocycles. The number of carbonyl (C=O) groups excluding carboxylic acids is 2. The zero-order valence-corrected chi connectivity index (χ0v) is 20.0. The first-order chi connectivity index (χ1) is 16.6. The number of rotatable bonds is 6. The second-order valence-electron chi connectivity index (χ2n) is 7.78. The molecule has 0 fully saturated rings. The number of benzene rings is 3. The summed E-state index contributed by atoms with van der Waals surface area (Å²) in [5.41, 5.74) is 2.10. The standard InChI is InChI=1S/C23H19ClF3N3O5S/c1-22(33,23(25,26)27)21(32)30-19-9-8-13(10-18(19)24)20(31)29-15-5-3-7-17(12-15)36(34,35)16-6-2-4-14(28)11-16/h2-12,33H,28H2,1H3,(H,29,31)(H,30,32). The molecule has 36 heavy (non-hydrogen) atoms. The van der Waals surface area contributed by atoms with Crippen LogP contribution >= 0.6 is 11.6 Å². The monoisotopic (exact) mass is 541 g/mol. The molecule has 3 rings (SSSR count). The van der Waals surface area contributed by atoms with Crippen LogP contribution in [0, 0.1) is 0 Å². The molecule has 0 bridgehead atoms. The van der Waals surface area contributed by atoms with Crippen molar-refractivity contribution < 1.29 is 36.3 Å². The topological polar surface area (TPSA) is 139 Å². The molecular formula is C23H19ClF3N3O5S. The highest BCUT2D eigenvalue weighted by Gasteiger charge is 2.55. The lowest BCUT2D eigenvalue weighted by molar-refractivity contribution is -0.242. The Morgan fingerprint density at radius 1 is 0.944 bits per heavy atom. The van der Waals surface area contributed by atoms with Gasteiger partial charge in [0.15, 0.2) is 0 Å². The lowest BCUT2D eigenvalue weighted by Gasteiger charge is -2.25. The average molecular weight is 542 g/mol. The maximum atomic E-state index is 12.9. The maximum Gasteiger partial charge on any atom is 0.426 e. The van der Waals surface area contributed by atoms with Crippen LogP contribution < -0.4 is 16.4 Å². The van der Waals surface area contributed by atoms with E-state index in [-0.39, 0.29) is 37.4 Å². The first-order valence-corrected chi connectivity index (χ1v) is 11.9.